The second kappa shape index (κ2) is 17.0. The van der Waals surface area contributed by atoms with Gasteiger partial charge in [-0.2, -0.15) is 12.8 Å². The van der Waals surface area contributed by atoms with E-state index < -0.39 is 0 Å². The molecule has 0 unspecified atom stereocenters. The van der Waals surface area contributed by atoms with E-state index in [0.717, 1.165) is 18.8 Å². The van der Waals surface area contributed by atoms with Crippen LogP contribution in [0.25, 0.3) is 0 Å². The van der Waals surface area contributed by atoms with Crippen LogP contribution in [-0.2, 0) is 18.8 Å². The maximum atomic E-state index is 9.39. The molecule has 0 heterocycles. The van der Waals surface area contributed by atoms with Gasteiger partial charge in [-0.25, -0.2) is 0 Å². The Balaban J connectivity index is 0.000000283. The predicted molar refractivity (Wildman–Crippen MR) is 72.1 cm³/mol. The van der Waals surface area contributed by atoms with E-state index in [4.69, 9.17) is 0 Å². The molecule has 0 saturated carbocycles. The second-order valence-corrected chi connectivity index (χ2v) is 4.72. The first kappa shape index (κ1) is 18.0. The molecule has 0 N–H and O–H groups in total. The van der Waals surface area contributed by atoms with Crippen LogP contribution in [0, 0.1) is 12.2 Å². The zero-order valence-electron chi connectivity index (χ0n) is 11.4. The molecule has 0 aromatic heterocycles. The fraction of sp³-hybridized carbons (Fsp3) is 0.750. The number of halogens is 1. The molecule has 2 heteroatoms. The molecule has 0 spiro atoms. The van der Waals surface area contributed by atoms with Crippen LogP contribution in [0.15, 0.2) is 12.2 Å². The van der Waals surface area contributed by atoms with E-state index in [1.54, 1.807) is 0 Å². The molecule has 106 valence electrons. The van der Waals surface area contributed by atoms with E-state index in [1.807, 2.05) is 0 Å². The van der Waals surface area contributed by atoms with Crippen LogP contribution in [0.1, 0.15) is 77.0 Å². The van der Waals surface area contributed by atoms with Crippen molar-refractivity contribution in [3.8, 4) is 0 Å². The van der Waals surface area contributed by atoms with Crippen molar-refractivity contribution in [3.63, 3.8) is 0 Å². The first-order valence-electron chi connectivity index (χ1n) is 7.23. The van der Waals surface area contributed by atoms with Gasteiger partial charge in [0.25, 0.3) is 0 Å². The zero-order valence-corrected chi connectivity index (χ0v) is 13.0. The minimum atomic E-state index is 1.05. The molecule has 18 heavy (non-hydrogen) atoms. The molecule has 0 nitrogen and oxygen atoms in total. The minimum absolute atomic E-state index is 1.05. The zero-order chi connectivity index (χ0) is 13.3. The van der Waals surface area contributed by atoms with Gasteiger partial charge in [-0.15, -0.1) is 0 Å². The summed E-state index contributed by atoms with van der Waals surface area (Å²) in [5.41, 5.74) is 0. The monoisotopic (exact) mass is 340 g/mol. The summed E-state index contributed by atoms with van der Waals surface area (Å²) in [5, 5.41) is 0. The van der Waals surface area contributed by atoms with Gasteiger partial charge in [0, 0.05) is 0 Å². The van der Waals surface area contributed by atoms with Crippen molar-refractivity contribution in [3.05, 3.63) is 24.3 Å². The molecule has 2 rings (SSSR count). The van der Waals surface area contributed by atoms with E-state index in [0.29, 0.717) is 0 Å². The average molecular weight is 340 g/mol. The van der Waals surface area contributed by atoms with Gasteiger partial charge in [-0.3, -0.25) is 12.2 Å². The predicted octanol–water partition coefficient (Wildman–Crippen LogP) is 5.82. The third-order valence-electron chi connectivity index (χ3n) is 3.13. The van der Waals surface area contributed by atoms with Crippen molar-refractivity contribution in [1.82, 2.24) is 0 Å². The van der Waals surface area contributed by atoms with E-state index in [1.165, 1.54) is 77.0 Å². The molecule has 0 saturated heterocycles. The van der Waals surface area contributed by atoms with Crippen LogP contribution >= 0.6 is 0 Å². The molecule has 0 atom stereocenters. The van der Waals surface area contributed by atoms with Gasteiger partial charge in [-0.05, 0) is 0 Å². The fourth-order valence-corrected chi connectivity index (χ4v) is 2.06. The standard InChI is InChI=1S/2C8H13.FH.Rh/c2*1-2-4-6-8-7-5-3-1;;/h2*1H,2,4-8H2;1H;/q2*-1;;+3/p-1. The molecule has 0 aromatic rings. The van der Waals surface area contributed by atoms with Crippen LogP contribution in [0.5, 0.6) is 0 Å². The Hall–Kier alpha value is 0.0334. The topological polar surface area (TPSA) is 0 Å². The van der Waals surface area contributed by atoms with Crippen molar-refractivity contribution in [2.75, 3.05) is 0 Å². The van der Waals surface area contributed by atoms with E-state index in [2.05, 4.69) is 24.3 Å². The van der Waals surface area contributed by atoms with Crippen molar-refractivity contribution in [1.29, 1.82) is 0 Å². The van der Waals surface area contributed by atoms with E-state index >= 15 is 0 Å². The SMILES string of the molecule is [C-]1=CCCCCCC1.[C-]1=CCCCCCC1.[F][Rh+2]. The van der Waals surface area contributed by atoms with Gasteiger partial charge < -0.3 is 12.2 Å². The molecule has 0 amide bonds. The number of hydrogen-bond acceptors (Lipinski definition) is 0. The van der Waals surface area contributed by atoms with Gasteiger partial charge >= 0.3 is 22.1 Å². The Bertz CT molecular complexity index is 157. The summed E-state index contributed by atoms with van der Waals surface area (Å²) in [6, 6.07) is 0. The summed E-state index contributed by atoms with van der Waals surface area (Å²) in [7, 11) is 0. The van der Waals surface area contributed by atoms with E-state index in [9.17, 15) is 3.32 Å². The van der Waals surface area contributed by atoms with Gasteiger partial charge in [0.15, 0.2) is 0 Å². The van der Waals surface area contributed by atoms with Crippen molar-refractivity contribution in [2.45, 2.75) is 77.0 Å². The summed E-state index contributed by atoms with van der Waals surface area (Å²) in [4.78, 5) is 0. The first-order chi connectivity index (χ1) is 9.00. The summed E-state index contributed by atoms with van der Waals surface area (Å²) >= 11 is 1.05. The molecule has 0 aromatic carbocycles. The molecule has 0 bridgehead atoms. The van der Waals surface area contributed by atoms with E-state index in [-0.39, 0.29) is 0 Å². The molecular formula is C16H26FRh. The van der Waals surface area contributed by atoms with Gasteiger partial charge in [0.2, 0.25) is 0 Å². The maximum absolute atomic E-state index is 9.39. The molecule has 2 aliphatic carbocycles. The Morgan fingerprint density at radius 3 is 1.44 bits per heavy atom. The Morgan fingerprint density at radius 2 is 1.00 bits per heavy atom. The molecule has 2 aliphatic rings. The van der Waals surface area contributed by atoms with Gasteiger partial charge in [-0.1, -0.05) is 64.2 Å². The van der Waals surface area contributed by atoms with Crippen molar-refractivity contribution in [2.24, 2.45) is 0 Å². The van der Waals surface area contributed by atoms with Crippen LogP contribution in [0.4, 0.5) is 3.32 Å². The Labute approximate surface area is 123 Å². The Kier molecular flexibility index (Phi) is 17.1. The summed E-state index contributed by atoms with van der Waals surface area (Å²) in [6.07, 6.45) is 27.0. The number of rotatable bonds is 0. The molecule has 0 radical (unpaired) electrons. The first-order valence-corrected chi connectivity index (χ1v) is 7.85. The Morgan fingerprint density at radius 1 is 0.611 bits per heavy atom. The molecule has 0 aliphatic heterocycles. The van der Waals surface area contributed by atoms with Crippen LogP contribution in [0.3, 0.4) is 0 Å². The number of hydrogen-bond donors (Lipinski definition) is 0. The fourth-order valence-electron chi connectivity index (χ4n) is 2.06. The van der Waals surface area contributed by atoms with Crippen LogP contribution in [0.2, 0.25) is 0 Å². The summed E-state index contributed by atoms with van der Waals surface area (Å²) in [5.74, 6) is 0. The average Bonchev–Trinajstić information content (AvgIpc) is 2.30. The van der Waals surface area contributed by atoms with Crippen LogP contribution in [-0.4, -0.2) is 0 Å². The molecule has 0 fully saturated rings. The van der Waals surface area contributed by atoms with Crippen molar-refractivity contribution >= 4 is 0 Å². The van der Waals surface area contributed by atoms with Crippen LogP contribution < -0.4 is 0 Å². The van der Waals surface area contributed by atoms with Gasteiger partial charge in [0.05, 0.1) is 0 Å². The third-order valence-corrected chi connectivity index (χ3v) is 3.13. The third kappa shape index (κ3) is 14.1. The number of allylic oxidation sites excluding steroid dienone is 4. The quantitative estimate of drug-likeness (QED) is 0.385. The van der Waals surface area contributed by atoms with Crippen molar-refractivity contribution < 1.29 is 22.1 Å². The molecular weight excluding hydrogens is 314 g/mol. The second-order valence-electron chi connectivity index (χ2n) is 4.72. The summed E-state index contributed by atoms with van der Waals surface area (Å²) in [6.45, 7) is 0. The normalized spacial score (nSPS) is 19.9. The summed E-state index contributed by atoms with van der Waals surface area (Å²) < 4.78 is 9.39. The van der Waals surface area contributed by atoms with Gasteiger partial charge in [0.1, 0.15) is 0 Å².